The monoisotopic (exact) mass is 309 g/mol. The topological polar surface area (TPSA) is 100 Å². The Hall–Kier alpha value is -1.62. The smallest absolute Gasteiger partial charge is 0.263 e. The van der Waals surface area contributed by atoms with E-state index in [4.69, 9.17) is 10.4 Å². The van der Waals surface area contributed by atoms with Crippen molar-refractivity contribution in [1.82, 2.24) is 20.9 Å². The maximum Gasteiger partial charge on any atom is 0.263 e. The highest BCUT2D eigenvalue weighted by molar-refractivity contribution is 5.97. The van der Waals surface area contributed by atoms with Crippen LogP contribution >= 0.6 is 0 Å². The Morgan fingerprint density at radius 3 is 2.73 bits per heavy atom. The number of rotatable bonds is 10. The first-order valence-electron chi connectivity index (χ1n) is 7.93. The van der Waals surface area contributed by atoms with Gasteiger partial charge in [-0.25, -0.2) is 0 Å². The van der Waals surface area contributed by atoms with Crippen molar-refractivity contribution in [3.8, 4) is 6.07 Å². The van der Waals surface area contributed by atoms with Crippen molar-refractivity contribution in [3.05, 3.63) is 11.8 Å². The van der Waals surface area contributed by atoms with Crippen LogP contribution in [0.25, 0.3) is 0 Å². The first kappa shape index (κ1) is 18.4. The SMILES string of the molecule is N#C/C(=C/NCCCCCO)C(=O)NCCN1CCNCC1. The van der Waals surface area contributed by atoms with Gasteiger partial charge in [0.15, 0.2) is 0 Å². The van der Waals surface area contributed by atoms with Crippen LogP contribution in [0.3, 0.4) is 0 Å². The summed E-state index contributed by atoms with van der Waals surface area (Å²) in [6.07, 6.45) is 4.08. The number of nitriles is 1. The van der Waals surface area contributed by atoms with Crippen LogP contribution in [-0.2, 0) is 4.79 Å². The lowest BCUT2D eigenvalue weighted by molar-refractivity contribution is -0.117. The number of aliphatic hydroxyl groups excluding tert-OH is 1. The molecule has 7 heteroatoms. The van der Waals surface area contributed by atoms with Crippen molar-refractivity contribution in [2.45, 2.75) is 19.3 Å². The van der Waals surface area contributed by atoms with Crippen molar-refractivity contribution in [2.24, 2.45) is 0 Å². The second-order valence-corrected chi connectivity index (χ2v) is 5.26. The minimum Gasteiger partial charge on any atom is -0.396 e. The molecule has 0 aromatic rings. The van der Waals surface area contributed by atoms with Crippen molar-refractivity contribution in [1.29, 1.82) is 5.26 Å². The summed E-state index contributed by atoms with van der Waals surface area (Å²) in [6.45, 7) is 6.20. The van der Waals surface area contributed by atoms with E-state index in [1.165, 1.54) is 6.20 Å². The van der Waals surface area contributed by atoms with Crippen LogP contribution in [0, 0.1) is 11.3 Å². The lowest BCUT2D eigenvalue weighted by Gasteiger charge is -2.27. The third-order valence-electron chi connectivity index (χ3n) is 3.51. The van der Waals surface area contributed by atoms with Crippen molar-refractivity contribution in [2.75, 3.05) is 52.4 Å². The molecule has 4 N–H and O–H groups in total. The minimum atomic E-state index is -0.333. The lowest BCUT2D eigenvalue weighted by atomic mass is 10.2. The van der Waals surface area contributed by atoms with Crippen LogP contribution < -0.4 is 16.0 Å². The highest BCUT2D eigenvalue weighted by atomic mass is 16.2. The molecule has 1 aliphatic heterocycles. The molecule has 1 heterocycles. The molecule has 1 rings (SSSR count). The van der Waals surface area contributed by atoms with Crippen LogP contribution in [-0.4, -0.2) is 68.3 Å². The predicted octanol–water partition coefficient (Wildman–Crippen LogP) is -0.833. The van der Waals surface area contributed by atoms with Gasteiger partial charge in [0.05, 0.1) is 0 Å². The molecule has 1 fully saturated rings. The molecule has 7 nitrogen and oxygen atoms in total. The summed E-state index contributed by atoms with van der Waals surface area (Å²) in [5.74, 6) is -0.333. The lowest BCUT2D eigenvalue weighted by Crippen LogP contribution is -2.46. The quantitative estimate of drug-likeness (QED) is 0.239. The van der Waals surface area contributed by atoms with Crippen LogP contribution in [0.2, 0.25) is 0 Å². The Morgan fingerprint density at radius 1 is 1.27 bits per heavy atom. The molecule has 0 unspecified atom stereocenters. The summed E-state index contributed by atoms with van der Waals surface area (Å²) in [7, 11) is 0. The Bertz CT molecular complexity index is 386. The van der Waals surface area contributed by atoms with Gasteiger partial charge in [-0.2, -0.15) is 5.26 Å². The number of piperazine rings is 1. The second kappa shape index (κ2) is 12.0. The van der Waals surface area contributed by atoms with Gasteiger partial charge in [-0.15, -0.1) is 0 Å². The molecule has 0 aromatic heterocycles. The van der Waals surface area contributed by atoms with E-state index < -0.39 is 0 Å². The third kappa shape index (κ3) is 7.98. The fourth-order valence-electron chi connectivity index (χ4n) is 2.20. The molecule has 0 aromatic carbocycles. The summed E-state index contributed by atoms with van der Waals surface area (Å²) >= 11 is 0. The van der Waals surface area contributed by atoms with Gasteiger partial charge in [-0.1, -0.05) is 0 Å². The average Bonchev–Trinajstić information content (AvgIpc) is 2.55. The number of hydrogen-bond donors (Lipinski definition) is 4. The number of nitrogens with zero attached hydrogens (tertiary/aromatic N) is 2. The third-order valence-corrected chi connectivity index (χ3v) is 3.51. The molecule has 1 aliphatic rings. The molecule has 1 saturated heterocycles. The number of nitrogens with one attached hydrogen (secondary N) is 3. The molecule has 0 radical (unpaired) electrons. The standard InChI is InChI=1S/C15H27N5O2/c16-12-14(13-18-4-2-1-3-11-21)15(22)19-7-10-20-8-5-17-6-9-20/h13,17-18,21H,1-11H2,(H,19,22)/b14-13-. The first-order chi connectivity index (χ1) is 10.8. The van der Waals surface area contributed by atoms with Gasteiger partial charge in [0.2, 0.25) is 0 Å². The zero-order valence-electron chi connectivity index (χ0n) is 13.1. The molecule has 1 amide bonds. The number of hydrogen-bond acceptors (Lipinski definition) is 6. The molecular weight excluding hydrogens is 282 g/mol. The van der Waals surface area contributed by atoms with Crippen LogP contribution in [0.5, 0.6) is 0 Å². The summed E-state index contributed by atoms with van der Waals surface area (Å²) in [6, 6.07) is 1.92. The molecule has 0 atom stereocenters. The van der Waals surface area contributed by atoms with E-state index in [9.17, 15) is 4.79 Å². The highest BCUT2D eigenvalue weighted by Crippen LogP contribution is 1.95. The van der Waals surface area contributed by atoms with Crippen LogP contribution in [0.1, 0.15) is 19.3 Å². The predicted molar refractivity (Wildman–Crippen MR) is 85.0 cm³/mol. The van der Waals surface area contributed by atoms with Gasteiger partial charge >= 0.3 is 0 Å². The van der Waals surface area contributed by atoms with Gasteiger partial charge in [0.1, 0.15) is 11.6 Å². The molecule has 0 saturated carbocycles. The summed E-state index contributed by atoms with van der Waals surface area (Å²) in [5, 5.41) is 26.7. The van der Waals surface area contributed by atoms with E-state index >= 15 is 0 Å². The summed E-state index contributed by atoms with van der Waals surface area (Å²) < 4.78 is 0. The molecule has 0 bridgehead atoms. The van der Waals surface area contributed by atoms with E-state index in [1.807, 2.05) is 6.07 Å². The van der Waals surface area contributed by atoms with E-state index in [2.05, 4.69) is 20.9 Å². The Kier molecular flexibility index (Phi) is 10.0. The van der Waals surface area contributed by atoms with E-state index in [1.54, 1.807) is 0 Å². The van der Waals surface area contributed by atoms with Gasteiger partial charge in [0, 0.05) is 58.6 Å². The minimum absolute atomic E-state index is 0.0995. The number of aliphatic hydroxyl groups is 1. The van der Waals surface area contributed by atoms with Gasteiger partial charge in [-0.05, 0) is 19.3 Å². The average molecular weight is 309 g/mol. The second-order valence-electron chi connectivity index (χ2n) is 5.26. The maximum atomic E-state index is 11.9. The van der Waals surface area contributed by atoms with Crippen molar-refractivity contribution >= 4 is 5.91 Å². The zero-order valence-corrected chi connectivity index (χ0v) is 13.1. The van der Waals surface area contributed by atoms with Gasteiger partial charge < -0.3 is 21.1 Å². The normalized spacial score (nSPS) is 16.1. The van der Waals surface area contributed by atoms with Gasteiger partial charge in [-0.3, -0.25) is 9.69 Å². The van der Waals surface area contributed by atoms with Gasteiger partial charge in [0.25, 0.3) is 5.91 Å². The molecule has 0 spiro atoms. The number of carbonyl (C=O) groups is 1. The highest BCUT2D eigenvalue weighted by Gasteiger charge is 2.11. The first-order valence-corrected chi connectivity index (χ1v) is 7.93. The number of amides is 1. The van der Waals surface area contributed by atoms with Crippen LogP contribution in [0.4, 0.5) is 0 Å². The Balaban J connectivity index is 2.18. The fraction of sp³-hybridized carbons (Fsp3) is 0.733. The maximum absolute atomic E-state index is 11.9. The van der Waals surface area contributed by atoms with Crippen molar-refractivity contribution < 1.29 is 9.90 Å². The molecule has 0 aliphatic carbocycles. The van der Waals surface area contributed by atoms with E-state index in [0.717, 1.165) is 52.0 Å². The fourth-order valence-corrected chi connectivity index (χ4v) is 2.20. The summed E-state index contributed by atoms with van der Waals surface area (Å²) in [4.78, 5) is 14.2. The van der Waals surface area contributed by atoms with E-state index in [-0.39, 0.29) is 18.1 Å². The Morgan fingerprint density at radius 2 is 2.05 bits per heavy atom. The van der Waals surface area contributed by atoms with E-state index in [0.29, 0.717) is 13.1 Å². The molecule has 124 valence electrons. The largest absolute Gasteiger partial charge is 0.396 e. The summed E-state index contributed by atoms with van der Waals surface area (Å²) in [5.41, 5.74) is 0.0995. The Labute approximate surface area is 132 Å². The number of unbranched alkanes of at least 4 members (excludes halogenated alkanes) is 2. The molecule has 22 heavy (non-hydrogen) atoms. The molecular formula is C15H27N5O2. The van der Waals surface area contributed by atoms with Crippen LogP contribution in [0.15, 0.2) is 11.8 Å². The van der Waals surface area contributed by atoms with Crippen molar-refractivity contribution in [3.63, 3.8) is 0 Å². The zero-order chi connectivity index (χ0) is 16.0. The number of carbonyl (C=O) groups excluding carboxylic acids is 1.